The molecule has 0 unspecified atom stereocenters. The van der Waals surface area contributed by atoms with E-state index in [1.54, 1.807) is 18.5 Å². The smallest absolute Gasteiger partial charge is 0.336 e. The molecule has 0 radical (unpaired) electrons. The number of carbonyl (C=O) groups is 1. The van der Waals surface area contributed by atoms with Crippen LogP contribution in [0.4, 0.5) is 5.82 Å². The Morgan fingerprint density at radius 1 is 1.10 bits per heavy atom. The highest BCUT2D eigenvalue weighted by Gasteiger charge is 2.15. The minimum Gasteiger partial charge on any atom is -0.478 e. The molecule has 2 N–H and O–H groups in total. The van der Waals surface area contributed by atoms with Crippen molar-refractivity contribution in [2.45, 2.75) is 19.8 Å². The molecular formula is C22H22N6O2S. The molecule has 0 saturated heterocycles. The van der Waals surface area contributed by atoms with Gasteiger partial charge in [-0.1, -0.05) is 25.1 Å². The number of pyridine rings is 1. The second kappa shape index (κ2) is 9.48. The fourth-order valence-corrected chi connectivity index (χ4v) is 3.29. The third-order valence-corrected chi connectivity index (χ3v) is 4.90. The van der Waals surface area contributed by atoms with Crippen LogP contribution in [0.1, 0.15) is 34.6 Å². The van der Waals surface area contributed by atoms with E-state index in [2.05, 4.69) is 37.2 Å². The number of carboxylic acid groups (broad SMARTS) is 1. The molecule has 9 heteroatoms. The summed E-state index contributed by atoms with van der Waals surface area (Å²) in [5.41, 5.74) is 3.48. The minimum atomic E-state index is -0.959. The standard InChI is InChI=1S/C22H20N6O2.H2S/c1-13(16-4-3-5-17-18(22(29)30)6-7-23-21(16)17)9-26-20-8-19(27-12-28-20)15-10-24-14(2)25-11-15;/h3-8,10-13H,9H2,1-2H3,(H,29,30)(H,26,27,28);1H2/t13-;/m1./s1. The number of fused-ring (bicyclic) bond motifs is 1. The van der Waals surface area contributed by atoms with Crippen LogP contribution in [0.25, 0.3) is 22.2 Å². The van der Waals surface area contributed by atoms with Crippen molar-refractivity contribution in [3.63, 3.8) is 0 Å². The Balaban J connectivity index is 0.00000272. The van der Waals surface area contributed by atoms with Crippen molar-refractivity contribution in [2.75, 3.05) is 11.9 Å². The quantitative estimate of drug-likeness (QED) is 0.471. The average molecular weight is 435 g/mol. The number of carboxylic acids is 1. The van der Waals surface area contributed by atoms with Crippen LogP contribution in [0.15, 0.2) is 55.2 Å². The summed E-state index contributed by atoms with van der Waals surface area (Å²) in [4.78, 5) is 32.9. The molecule has 3 heterocycles. The Morgan fingerprint density at radius 3 is 2.61 bits per heavy atom. The van der Waals surface area contributed by atoms with Gasteiger partial charge in [0.05, 0.1) is 16.8 Å². The van der Waals surface area contributed by atoms with E-state index in [0.717, 1.165) is 16.8 Å². The van der Waals surface area contributed by atoms with Gasteiger partial charge in [-0.2, -0.15) is 13.5 Å². The van der Waals surface area contributed by atoms with Crippen LogP contribution in [-0.4, -0.2) is 42.5 Å². The van der Waals surface area contributed by atoms with Gasteiger partial charge in [0, 0.05) is 48.1 Å². The predicted molar refractivity (Wildman–Crippen MR) is 124 cm³/mol. The third-order valence-electron chi connectivity index (χ3n) is 4.90. The van der Waals surface area contributed by atoms with Gasteiger partial charge in [-0.3, -0.25) is 4.98 Å². The van der Waals surface area contributed by atoms with Crippen molar-refractivity contribution in [1.29, 1.82) is 0 Å². The second-order valence-electron chi connectivity index (χ2n) is 7.00. The molecule has 4 rings (SSSR count). The summed E-state index contributed by atoms with van der Waals surface area (Å²) in [5.74, 6) is 0.506. The number of hydrogen-bond acceptors (Lipinski definition) is 7. The van der Waals surface area contributed by atoms with E-state index in [-0.39, 0.29) is 25.0 Å². The molecular weight excluding hydrogens is 412 g/mol. The maximum atomic E-state index is 11.5. The molecule has 1 aromatic carbocycles. The number of nitrogens with zero attached hydrogens (tertiary/aromatic N) is 5. The zero-order chi connectivity index (χ0) is 21.1. The van der Waals surface area contributed by atoms with Gasteiger partial charge in [0.15, 0.2) is 0 Å². The first-order valence-electron chi connectivity index (χ1n) is 9.49. The number of aryl methyl sites for hydroxylation is 1. The lowest BCUT2D eigenvalue weighted by molar-refractivity contribution is 0.0699. The third kappa shape index (κ3) is 4.77. The van der Waals surface area contributed by atoms with Crippen LogP contribution < -0.4 is 5.32 Å². The van der Waals surface area contributed by atoms with E-state index in [4.69, 9.17) is 0 Å². The SMILES string of the molecule is Cc1ncc(-c2cc(NC[C@@H](C)c3cccc4c(C(=O)O)ccnc34)ncn2)cn1.S. The van der Waals surface area contributed by atoms with E-state index in [1.807, 2.05) is 25.1 Å². The largest absolute Gasteiger partial charge is 0.478 e. The number of para-hydroxylation sites is 1. The van der Waals surface area contributed by atoms with Crippen LogP contribution >= 0.6 is 13.5 Å². The topological polar surface area (TPSA) is 114 Å². The lowest BCUT2D eigenvalue weighted by Gasteiger charge is -2.16. The molecule has 0 bridgehead atoms. The number of anilines is 1. The van der Waals surface area contributed by atoms with Crippen molar-refractivity contribution < 1.29 is 9.90 Å². The highest BCUT2D eigenvalue weighted by Crippen LogP contribution is 2.27. The fraction of sp³-hybridized carbons (Fsp3) is 0.182. The first-order chi connectivity index (χ1) is 14.5. The van der Waals surface area contributed by atoms with Crippen LogP contribution in [0.2, 0.25) is 0 Å². The van der Waals surface area contributed by atoms with Crippen molar-refractivity contribution >= 4 is 36.2 Å². The maximum absolute atomic E-state index is 11.5. The van der Waals surface area contributed by atoms with Gasteiger partial charge in [0.25, 0.3) is 0 Å². The molecule has 4 aromatic rings. The van der Waals surface area contributed by atoms with Gasteiger partial charge in [0.2, 0.25) is 0 Å². The molecule has 3 aromatic heterocycles. The van der Waals surface area contributed by atoms with Gasteiger partial charge < -0.3 is 10.4 Å². The molecule has 0 aliphatic rings. The Labute approximate surface area is 186 Å². The second-order valence-corrected chi connectivity index (χ2v) is 7.00. The molecule has 31 heavy (non-hydrogen) atoms. The number of benzene rings is 1. The summed E-state index contributed by atoms with van der Waals surface area (Å²) in [6.07, 6.45) is 6.51. The normalized spacial score (nSPS) is 11.5. The lowest BCUT2D eigenvalue weighted by atomic mass is 9.96. The average Bonchev–Trinajstić information content (AvgIpc) is 2.77. The van der Waals surface area contributed by atoms with E-state index < -0.39 is 5.97 Å². The molecule has 0 saturated carbocycles. The molecule has 158 valence electrons. The molecule has 0 amide bonds. The Kier molecular flexibility index (Phi) is 6.76. The summed E-state index contributed by atoms with van der Waals surface area (Å²) in [6, 6.07) is 9.00. The first-order valence-corrected chi connectivity index (χ1v) is 9.49. The zero-order valence-corrected chi connectivity index (χ0v) is 18.1. The summed E-state index contributed by atoms with van der Waals surface area (Å²) in [6.45, 7) is 4.49. The van der Waals surface area contributed by atoms with Crippen LogP contribution in [0.5, 0.6) is 0 Å². The first kappa shape index (κ1) is 22.1. The van der Waals surface area contributed by atoms with E-state index >= 15 is 0 Å². The van der Waals surface area contributed by atoms with Gasteiger partial charge in [-0.05, 0) is 18.6 Å². The lowest BCUT2D eigenvalue weighted by Crippen LogP contribution is -2.12. The van der Waals surface area contributed by atoms with Gasteiger partial charge in [0.1, 0.15) is 18.0 Å². The van der Waals surface area contributed by atoms with Crippen LogP contribution in [0, 0.1) is 6.92 Å². The Bertz CT molecular complexity index is 1220. The predicted octanol–water partition coefficient (Wildman–Crippen LogP) is 3.82. The van der Waals surface area contributed by atoms with Gasteiger partial charge in [-0.15, -0.1) is 0 Å². The van der Waals surface area contributed by atoms with Crippen molar-refractivity contribution in [2.24, 2.45) is 0 Å². The zero-order valence-electron chi connectivity index (χ0n) is 17.1. The molecule has 0 fully saturated rings. The fourth-order valence-electron chi connectivity index (χ4n) is 3.29. The molecule has 8 nitrogen and oxygen atoms in total. The maximum Gasteiger partial charge on any atom is 0.336 e. The van der Waals surface area contributed by atoms with E-state index in [0.29, 0.717) is 29.1 Å². The molecule has 0 spiro atoms. The van der Waals surface area contributed by atoms with Gasteiger partial charge in [-0.25, -0.2) is 24.7 Å². The van der Waals surface area contributed by atoms with Crippen LogP contribution in [0.3, 0.4) is 0 Å². The van der Waals surface area contributed by atoms with Crippen molar-refractivity contribution in [3.05, 3.63) is 72.2 Å². The Morgan fingerprint density at radius 2 is 1.87 bits per heavy atom. The molecule has 0 aliphatic heterocycles. The highest BCUT2D eigenvalue weighted by atomic mass is 32.1. The van der Waals surface area contributed by atoms with Crippen molar-refractivity contribution in [3.8, 4) is 11.3 Å². The number of rotatable bonds is 6. The number of nitrogens with one attached hydrogen (secondary N) is 1. The number of hydrogen-bond donors (Lipinski definition) is 2. The minimum absolute atomic E-state index is 0. The molecule has 0 aliphatic carbocycles. The molecule has 1 atom stereocenters. The van der Waals surface area contributed by atoms with Crippen LogP contribution in [-0.2, 0) is 0 Å². The van der Waals surface area contributed by atoms with E-state index in [9.17, 15) is 9.90 Å². The number of aromatic carboxylic acids is 1. The summed E-state index contributed by atoms with van der Waals surface area (Å²) < 4.78 is 0. The van der Waals surface area contributed by atoms with Crippen molar-refractivity contribution in [1.82, 2.24) is 24.9 Å². The van der Waals surface area contributed by atoms with E-state index in [1.165, 1.54) is 18.6 Å². The monoisotopic (exact) mass is 434 g/mol. The Hall–Kier alpha value is -3.59. The summed E-state index contributed by atoms with van der Waals surface area (Å²) in [7, 11) is 0. The number of aromatic nitrogens is 5. The highest BCUT2D eigenvalue weighted by molar-refractivity contribution is 7.59. The van der Waals surface area contributed by atoms with Gasteiger partial charge >= 0.3 is 5.97 Å². The summed E-state index contributed by atoms with van der Waals surface area (Å²) >= 11 is 0. The summed E-state index contributed by atoms with van der Waals surface area (Å²) in [5, 5.41) is 13.4.